The number of likely N-dealkylation sites (N-methyl/N-ethyl adjacent to an activating group) is 1. The highest BCUT2D eigenvalue weighted by Gasteiger charge is 2.33. The van der Waals surface area contributed by atoms with Crippen LogP contribution in [-0.4, -0.2) is 44.8 Å². The van der Waals surface area contributed by atoms with Crippen LogP contribution < -0.4 is 9.62 Å². The van der Waals surface area contributed by atoms with Crippen LogP contribution in [0.15, 0.2) is 71.6 Å². The van der Waals surface area contributed by atoms with E-state index in [4.69, 9.17) is 23.2 Å². The molecule has 0 saturated carbocycles. The molecule has 0 aliphatic heterocycles. The molecule has 0 unspecified atom stereocenters. The van der Waals surface area contributed by atoms with Crippen molar-refractivity contribution in [3.05, 3.63) is 93.5 Å². The molecule has 38 heavy (non-hydrogen) atoms. The summed E-state index contributed by atoms with van der Waals surface area (Å²) in [4.78, 5) is 28.1. The number of nitrogens with zero attached hydrogens (tertiary/aromatic N) is 2. The number of carbonyl (C=O) groups excluding carboxylic acids is 2. The molecule has 202 valence electrons. The van der Waals surface area contributed by atoms with Gasteiger partial charge in [0.25, 0.3) is 10.0 Å². The van der Waals surface area contributed by atoms with Crippen molar-refractivity contribution >= 4 is 50.7 Å². The molecule has 0 bridgehead atoms. The third kappa shape index (κ3) is 6.87. The first-order valence-electron chi connectivity index (χ1n) is 12.1. The third-order valence-corrected chi connectivity index (χ3v) is 8.67. The van der Waals surface area contributed by atoms with Crippen molar-refractivity contribution in [1.29, 1.82) is 0 Å². The molecule has 0 aliphatic rings. The van der Waals surface area contributed by atoms with E-state index in [1.165, 1.54) is 24.1 Å². The number of halogens is 2. The fraction of sp³-hybridized carbons (Fsp3) is 0.286. The van der Waals surface area contributed by atoms with Crippen LogP contribution in [0.1, 0.15) is 30.0 Å². The Balaban J connectivity index is 2.07. The molecule has 2 amide bonds. The van der Waals surface area contributed by atoms with Crippen molar-refractivity contribution in [2.75, 3.05) is 17.9 Å². The van der Waals surface area contributed by atoms with Crippen molar-refractivity contribution in [2.24, 2.45) is 0 Å². The number of hydrogen-bond donors (Lipinski definition) is 1. The van der Waals surface area contributed by atoms with E-state index in [2.05, 4.69) is 5.32 Å². The topological polar surface area (TPSA) is 86.8 Å². The van der Waals surface area contributed by atoms with Crippen molar-refractivity contribution in [3.8, 4) is 0 Å². The maximum Gasteiger partial charge on any atom is 0.264 e. The molecule has 3 rings (SSSR count). The van der Waals surface area contributed by atoms with Crippen LogP contribution in [0.4, 0.5) is 5.69 Å². The first kappa shape index (κ1) is 29.5. The highest BCUT2D eigenvalue weighted by molar-refractivity contribution is 7.92. The number of hydrogen-bond acceptors (Lipinski definition) is 4. The molecular formula is C28H31Cl2N3O4S. The van der Waals surface area contributed by atoms with Gasteiger partial charge in [-0.05, 0) is 67.8 Å². The Hall–Kier alpha value is -3.07. The van der Waals surface area contributed by atoms with Gasteiger partial charge in [-0.15, -0.1) is 0 Å². The summed E-state index contributed by atoms with van der Waals surface area (Å²) < 4.78 is 28.7. The maximum absolute atomic E-state index is 13.9. The first-order chi connectivity index (χ1) is 18.0. The molecule has 7 nitrogen and oxygen atoms in total. The van der Waals surface area contributed by atoms with Crippen LogP contribution >= 0.6 is 23.2 Å². The van der Waals surface area contributed by atoms with Crippen LogP contribution in [-0.2, 0) is 26.2 Å². The van der Waals surface area contributed by atoms with Crippen molar-refractivity contribution in [3.63, 3.8) is 0 Å². The van der Waals surface area contributed by atoms with E-state index in [-0.39, 0.29) is 17.3 Å². The number of carbonyl (C=O) groups is 2. The van der Waals surface area contributed by atoms with Gasteiger partial charge in [0.05, 0.1) is 20.6 Å². The molecule has 0 spiro atoms. The summed E-state index contributed by atoms with van der Waals surface area (Å²) in [5.41, 5.74) is 2.75. The second kappa shape index (κ2) is 12.7. The second-order valence-electron chi connectivity index (χ2n) is 8.97. The van der Waals surface area contributed by atoms with Crippen molar-refractivity contribution < 1.29 is 18.0 Å². The van der Waals surface area contributed by atoms with Crippen LogP contribution in [0.25, 0.3) is 0 Å². The smallest absolute Gasteiger partial charge is 0.264 e. The van der Waals surface area contributed by atoms with Gasteiger partial charge in [-0.3, -0.25) is 13.9 Å². The van der Waals surface area contributed by atoms with Gasteiger partial charge in [-0.1, -0.05) is 66.0 Å². The SMILES string of the molecule is CC[C@H](C(=O)NC)N(Cc1ccc(Cl)c(Cl)c1)C(=O)CN(c1cccc(C)c1)S(=O)(=O)c1ccc(C)cc1. The lowest BCUT2D eigenvalue weighted by Crippen LogP contribution is -2.51. The van der Waals surface area contributed by atoms with E-state index in [0.29, 0.717) is 27.7 Å². The monoisotopic (exact) mass is 575 g/mol. The fourth-order valence-electron chi connectivity index (χ4n) is 4.07. The Bertz CT molecular complexity index is 1410. The standard InChI is InChI=1S/C28H31Cl2N3O4S/c1-5-26(28(35)31-4)32(17-21-11-14-24(29)25(30)16-21)27(34)18-33(22-8-6-7-20(3)15-22)38(36,37)23-12-9-19(2)10-13-23/h6-16,26H,5,17-18H2,1-4H3,(H,31,35)/t26-/m1/s1. The predicted molar refractivity (Wildman–Crippen MR) is 152 cm³/mol. The minimum Gasteiger partial charge on any atom is -0.357 e. The molecule has 1 atom stereocenters. The average molecular weight is 577 g/mol. The van der Waals surface area contributed by atoms with Gasteiger partial charge >= 0.3 is 0 Å². The van der Waals surface area contributed by atoms with E-state index < -0.39 is 28.5 Å². The minimum absolute atomic E-state index is 0.0356. The normalized spacial score (nSPS) is 12.1. The molecule has 0 fully saturated rings. The minimum atomic E-state index is -4.11. The summed E-state index contributed by atoms with van der Waals surface area (Å²) >= 11 is 12.3. The molecule has 10 heteroatoms. The molecule has 0 aliphatic carbocycles. The maximum atomic E-state index is 13.9. The molecule has 3 aromatic rings. The zero-order valence-electron chi connectivity index (χ0n) is 21.7. The van der Waals surface area contributed by atoms with Crippen LogP contribution in [0.3, 0.4) is 0 Å². The highest BCUT2D eigenvalue weighted by Crippen LogP contribution is 2.27. The molecule has 0 radical (unpaired) electrons. The van der Waals surface area contributed by atoms with Gasteiger partial charge in [-0.2, -0.15) is 0 Å². The van der Waals surface area contributed by atoms with E-state index in [9.17, 15) is 18.0 Å². The van der Waals surface area contributed by atoms with Gasteiger partial charge < -0.3 is 10.2 Å². The van der Waals surface area contributed by atoms with E-state index >= 15 is 0 Å². The summed E-state index contributed by atoms with van der Waals surface area (Å²) in [5, 5.41) is 3.27. The Labute approximate surface area is 234 Å². The largest absolute Gasteiger partial charge is 0.357 e. The zero-order valence-corrected chi connectivity index (χ0v) is 24.1. The Morgan fingerprint density at radius 3 is 2.18 bits per heavy atom. The third-order valence-electron chi connectivity index (χ3n) is 6.15. The number of rotatable bonds is 10. The van der Waals surface area contributed by atoms with Gasteiger partial charge in [-0.25, -0.2) is 8.42 Å². The lowest BCUT2D eigenvalue weighted by molar-refractivity contribution is -0.140. The molecule has 0 saturated heterocycles. The number of sulfonamides is 1. The zero-order chi connectivity index (χ0) is 28.0. The van der Waals surface area contributed by atoms with Gasteiger partial charge in [0.15, 0.2) is 0 Å². The quantitative estimate of drug-likeness (QED) is 0.352. The van der Waals surface area contributed by atoms with Crippen LogP contribution in [0.2, 0.25) is 10.0 Å². The number of benzene rings is 3. The molecule has 3 aromatic carbocycles. The first-order valence-corrected chi connectivity index (χ1v) is 14.3. The molecule has 0 aromatic heterocycles. The predicted octanol–water partition coefficient (Wildman–Crippen LogP) is 5.36. The van der Waals surface area contributed by atoms with Crippen LogP contribution in [0, 0.1) is 13.8 Å². The summed E-state index contributed by atoms with van der Waals surface area (Å²) in [6.07, 6.45) is 0.321. The number of anilines is 1. The fourth-order valence-corrected chi connectivity index (χ4v) is 5.80. The van der Waals surface area contributed by atoms with Gasteiger partial charge in [0.1, 0.15) is 12.6 Å². The Kier molecular flexibility index (Phi) is 9.82. The number of nitrogens with one attached hydrogen (secondary N) is 1. The highest BCUT2D eigenvalue weighted by atomic mass is 35.5. The summed E-state index contributed by atoms with van der Waals surface area (Å²) in [5.74, 6) is -0.895. The Morgan fingerprint density at radius 2 is 1.61 bits per heavy atom. The lowest BCUT2D eigenvalue weighted by atomic mass is 10.1. The molecule has 1 N–H and O–H groups in total. The number of amides is 2. The summed E-state index contributed by atoms with van der Waals surface area (Å²) in [7, 11) is -2.62. The van der Waals surface area contributed by atoms with Crippen molar-refractivity contribution in [1.82, 2.24) is 10.2 Å². The van der Waals surface area contributed by atoms with Gasteiger partial charge in [0, 0.05) is 13.6 Å². The Morgan fingerprint density at radius 1 is 0.921 bits per heavy atom. The van der Waals surface area contributed by atoms with E-state index in [0.717, 1.165) is 15.4 Å². The molecule has 0 heterocycles. The second-order valence-corrected chi connectivity index (χ2v) is 11.6. The van der Waals surface area contributed by atoms with Gasteiger partial charge in [0.2, 0.25) is 11.8 Å². The average Bonchev–Trinajstić information content (AvgIpc) is 2.89. The number of aryl methyl sites for hydroxylation is 2. The lowest BCUT2D eigenvalue weighted by Gasteiger charge is -2.33. The van der Waals surface area contributed by atoms with Crippen LogP contribution in [0.5, 0.6) is 0 Å². The molecular weight excluding hydrogens is 545 g/mol. The summed E-state index contributed by atoms with van der Waals surface area (Å²) in [6, 6.07) is 17.5. The van der Waals surface area contributed by atoms with E-state index in [1.54, 1.807) is 55.5 Å². The van der Waals surface area contributed by atoms with Crippen molar-refractivity contribution in [2.45, 2.75) is 44.7 Å². The van der Waals surface area contributed by atoms with E-state index in [1.807, 2.05) is 19.9 Å². The summed E-state index contributed by atoms with van der Waals surface area (Å²) in [6.45, 7) is 5.03.